The molecule has 0 aromatic rings. The molecule has 2 fully saturated rings. The molecule has 14 heavy (non-hydrogen) atoms. The fourth-order valence-corrected chi connectivity index (χ4v) is 4.25. The van der Waals surface area contributed by atoms with E-state index in [0.29, 0.717) is 5.25 Å². The van der Waals surface area contributed by atoms with E-state index in [4.69, 9.17) is 0 Å². The molecule has 2 N–H and O–H groups in total. The molecule has 80 valence electrons. The topological polar surface area (TPSA) is 49.3 Å². The van der Waals surface area contributed by atoms with Crippen LogP contribution in [0, 0.1) is 5.92 Å². The van der Waals surface area contributed by atoms with E-state index in [1.54, 1.807) is 6.92 Å². The van der Waals surface area contributed by atoms with Crippen LogP contribution in [0.3, 0.4) is 0 Å². The number of carbonyl (C=O) groups excluding carboxylic acids is 1. The number of aliphatic hydroxyl groups is 1. The third kappa shape index (κ3) is 1.91. The Hall–Kier alpha value is -0.220. The number of hydrogen-bond acceptors (Lipinski definition) is 3. The smallest absolute Gasteiger partial charge is 0.217 e. The number of aliphatic hydroxyl groups excluding tert-OH is 1. The van der Waals surface area contributed by atoms with Crippen molar-refractivity contribution >= 4 is 17.7 Å². The zero-order valence-electron chi connectivity index (χ0n) is 8.40. The number of amides is 1. The largest absolute Gasteiger partial charge is 0.392 e. The van der Waals surface area contributed by atoms with E-state index < -0.39 is 0 Å². The van der Waals surface area contributed by atoms with Crippen molar-refractivity contribution in [3.63, 3.8) is 0 Å². The molecule has 2 aliphatic rings. The van der Waals surface area contributed by atoms with Crippen LogP contribution in [0.25, 0.3) is 0 Å². The minimum atomic E-state index is -0.220. The number of thioether (sulfide) groups is 1. The Labute approximate surface area is 88.6 Å². The second kappa shape index (κ2) is 4.11. The van der Waals surface area contributed by atoms with E-state index in [1.165, 1.54) is 12.8 Å². The van der Waals surface area contributed by atoms with Gasteiger partial charge in [0, 0.05) is 29.9 Å². The summed E-state index contributed by atoms with van der Waals surface area (Å²) >= 11 is 1.86. The zero-order valence-corrected chi connectivity index (χ0v) is 9.22. The fourth-order valence-electron chi connectivity index (χ4n) is 2.66. The van der Waals surface area contributed by atoms with Crippen LogP contribution >= 0.6 is 11.8 Å². The maximum Gasteiger partial charge on any atom is 0.217 e. The Morgan fingerprint density at radius 2 is 2.29 bits per heavy atom. The Balaban J connectivity index is 2.04. The monoisotopic (exact) mass is 215 g/mol. The molecular weight excluding hydrogens is 198 g/mol. The first-order valence-corrected chi connectivity index (χ1v) is 6.30. The molecule has 3 nitrogen and oxygen atoms in total. The van der Waals surface area contributed by atoms with Gasteiger partial charge in [0.25, 0.3) is 0 Å². The van der Waals surface area contributed by atoms with E-state index in [2.05, 4.69) is 5.32 Å². The highest BCUT2D eigenvalue weighted by molar-refractivity contribution is 8.00. The molecule has 0 aromatic heterocycles. The molecule has 4 atom stereocenters. The average Bonchev–Trinajstić information content (AvgIpc) is 2.48. The van der Waals surface area contributed by atoms with Gasteiger partial charge >= 0.3 is 0 Å². The van der Waals surface area contributed by atoms with Crippen LogP contribution in [0.2, 0.25) is 0 Å². The van der Waals surface area contributed by atoms with Crippen LogP contribution < -0.4 is 5.32 Å². The maximum atomic E-state index is 11.0. The summed E-state index contributed by atoms with van der Waals surface area (Å²) in [6.07, 6.45) is 3.18. The van der Waals surface area contributed by atoms with Gasteiger partial charge in [0.05, 0.1) is 6.10 Å². The molecule has 0 bridgehead atoms. The number of rotatable bonds is 1. The van der Waals surface area contributed by atoms with Crippen molar-refractivity contribution < 1.29 is 9.90 Å². The van der Waals surface area contributed by atoms with Gasteiger partial charge in [-0.1, -0.05) is 6.42 Å². The predicted molar refractivity (Wildman–Crippen MR) is 57.2 cm³/mol. The molecule has 0 unspecified atom stereocenters. The van der Waals surface area contributed by atoms with Gasteiger partial charge in [-0.15, -0.1) is 0 Å². The maximum absolute atomic E-state index is 11.0. The van der Waals surface area contributed by atoms with E-state index in [9.17, 15) is 9.90 Å². The van der Waals surface area contributed by atoms with Gasteiger partial charge in [-0.2, -0.15) is 11.8 Å². The van der Waals surface area contributed by atoms with Crippen LogP contribution in [0.1, 0.15) is 26.2 Å². The molecule has 1 amide bonds. The lowest BCUT2D eigenvalue weighted by molar-refractivity contribution is -0.120. The van der Waals surface area contributed by atoms with Gasteiger partial charge in [-0.25, -0.2) is 0 Å². The Morgan fingerprint density at radius 1 is 1.50 bits per heavy atom. The Kier molecular flexibility index (Phi) is 3.02. The summed E-state index contributed by atoms with van der Waals surface area (Å²) in [6, 6.07) is 0.205. The van der Waals surface area contributed by atoms with E-state index >= 15 is 0 Å². The lowest BCUT2D eigenvalue weighted by atomic mass is 9.81. The quantitative estimate of drug-likeness (QED) is 0.679. The van der Waals surface area contributed by atoms with Crippen molar-refractivity contribution in [3.8, 4) is 0 Å². The summed E-state index contributed by atoms with van der Waals surface area (Å²) in [5.74, 6) is 1.16. The SMILES string of the molecule is CC(=O)N[C@H]1CCC[C@H]2SC[C@@H](O)[C@@H]12. The van der Waals surface area contributed by atoms with E-state index in [0.717, 1.165) is 12.2 Å². The van der Waals surface area contributed by atoms with Crippen LogP contribution in [-0.4, -0.2) is 34.2 Å². The first-order valence-electron chi connectivity index (χ1n) is 5.25. The van der Waals surface area contributed by atoms with Crippen molar-refractivity contribution in [1.29, 1.82) is 0 Å². The molecule has 1 aliphatic heterocycles. The summed E-state index contributed by atoms with van der Waals surface area (Å²) in [7, 11) is 0. The molecule has 0 radical (unpaired) electrons. The zero-order chi connectivity index (χ0) is 10.1. The normalized spacial score (nSPS) is 41.9. The van der Waals surface area contributed by atoms with Crippen LogP contribution in [0.4, 0.5) is 0 Å². The first kappa shape index (κ1) is 10.3. The van der Waals surface area contributed by atoms with Crippen LogP contribution in [0.15, 0.2) is 0 Å². The minimum Gasteiger partial charge on any atom is -0.392 e. The molecule has 1 aliphatic carbocycles. The highest BCUT2D eigenvalue weighted by Crippen LogP contribution is 2.42. The Morgan fingerprint density at radius 3 is 3.00 bits per heavy atom. The van der Waals surface area contributed by atoms with Gasteiger partial charge in [-0.05, 0) is 12.8 Å². The van der Waals surface area contributed by atoms with Crippen molar-refractivity contribution in [2.45, 2.75) is 43.6 Å². The Bertz CT molecular complexity index is 232. The van der Waals surface area contributed by atoms with E-state index in [1.807, 2.05) is 11.8 Å². The summed E-state index contributed by atoms with van der Waals surface area (Å²) in [5.41, 5.74) is 0. The number of fused-ring (bicyclic) bond motifs is 1. The fraction of sp³-hybridized carbons (Fsp3) is 0.900. The molecule has 1 heterocycles. The second-order valence-electron chi connectivity index (χ2n) is 4.25. The van der Waals surface area contributed by atoms with Crippen molar-refractivity contribution in [1.82, 2.24) is 5.32 Å². The predicted octanol–water partition coefficient (Wildman–Crippen LogP) is 0.767. The molecule has 2 rings (SSSR count). The van der Waals surface area contributed by atoms with Gasteiger partial charge in [0.15, 0.2) is 0 Å². The third-order valence-corrected chi connectivity index (χ3v) is 4.72. The lowest BCUT2D eigenvalue weighted by Crippen LogP contribution is -2.48. The van der Waals surface area contributed by atoms with Gasteiger partial charge < -0.3 is 10.4 Å². The third-order valence-electron chi connectivity index (χ3n) is 3.21. The summed E-state index contributed by atoms with van der Waals surface area (Å²) in [5, 5.41) is 13.4. The minimum absolute atomic E-state index is 0.0275. The van der Waals surface area contributed by atoms with Crippen LogP contribution in [-0.2, 0) is 4.79 Å². The van der Waals surface area contributed by atoms with Crippen molar-refractivity contribution in [3.05, 3.63) is 0 Å². The average molecular weight is 215 g/mol. The van der Waals surface area contributed by atoms with Crippen molar-refractivity contribution in [2.75, 3.05) is 5.75 Å². The molecule has 1 saturated carbocycles. The highest BCUT2D eigenvalue weighted by Gasteiger charge is 2.43. The summed E-state index contributed by atoms with van der Waals surface area (Å²) in [6.45, 7) is 1.55. The molecule has 0 spiro atoms. The summed E-state index contributed by atoms with van der Waals surface area (Å²) < 4.78 is 0. The van der Waals surface area contributed by atoms with E-state index in [-0.39, 0.29) is 24.0 Å². The molecule has 1 saturated heterocycles. The standard InChI is InChI=1S/C10H17NO2S/c1-6(12)11-7-3-2-4-9-10(7)8(13)5-14-9/h7-10,13H,2-5H2,1H3,(H,11,12)/t7-,8+,9+,10+/m0/s1. The molecule has 4 heteroatoms. The van der Waals surface area contributed by atoms with Gasteiger partial charge in [0.2, 0.25) is 5.91 Å². The number of hydrogen-bond donors (Lipinski definition) is 2. The number of nitrogens with one attached hydrogen (secondary N) is 1. The summed E-state index contributed by atoms with van der Waals surface area (Å²) in [4.78, 5) is 11.0. The number of carbonyl (C=O) groups is 1. The lowest BCUT2D eigenvalue weighted by Gasteiger charge is -2.34. The molecule has 0 aromatic carbocycles. The first-order chi connectivity index (χ1) is 6.68. The van der Waals surface area contributed by atoms with Crippen LogP contribution in [0.5, 0.6) is 0 Å². The molecular formula is C10H17NO2S. The highest BCUT2D eigenvalue weighted by atomic mass is 32.2. The second-order valence-corrected chi connectivity index (χ2v) is 5.53. The van der Waals surface area contributed by atoms with Gasteiger partial charge in [-0.3, -0.25) is 4.79 Å². The van der Waals surface area contributed by atoms with Crippen molar-refractivity contribution in [2.24, 2.45) is 5.92 Å². The van der Waals surface area contributed by atoms with Gasteiger partial charge in [0.1, 0.15) is 0 Å².